The van der Waals surface area contributed by atoms with E-state index in [-0.39, 0.29) is 18.5 Å². The second-order valence-electron chi connectivity index (χ2n) is 5.52. The highest BCUT2D eigenvalue weighted by Crippen LogP contribution is 2.05. The summed E-state index contributed by atoms with van der Waals surface area (Å²) in [6.45, 7) is 6.63. The van der Waals surface area contributed by atoms with Crippen molar-refractivity contribution >= 4 is 11.9 Å². The van der Waals surface area contributed by atoms with Crippen molar-refractivity contribution in [3.05, 3.63) is 35.9 Å². The fraction of sp³-hybridized carbons (Fsp3) is 0.500. The van der Waals surface area contributed by atoms with E-state index in [1.807, 2.05) is 49.1 Å². The number of nitrogens with zero attached hydrogens (tertiary/aromatic N) is 1. The molecule has 2 N–H and O–H groups in total. The molecular weight excluding hydrogens is 268 g/mol. The third kappa shape index (κ3) is 6.40. The first kappa shape index (κ1) is 17.2. The van der Waals surface area contributed by atoms with Gasteiger partial charge in [-0.3, -0.25) is 14.5 Å². The fourth-order valence-corrected chi connectivity index (χ4v) is 1.92. The van der Waals surface area contributed by atoms with Crippen molar-refractivity contribution in [2.75, 3.05) is 13.1 Å². The minimum Gasteiger partial charge on any atom is -0.481 e. The van der Waals surface area contributed by atoms with Gasteiger partial charge in [-0.25, -0.2) is 0 Å². The van der Waals surface area contributed by atoms with Crippen LogP contribution >= 0.6 is 0 Å². The zero-order valence-corrected chi connectivity index (χ0v) is 12.9. The van der Waals surface area contributed by atoms with Gasteiger partial charge in [0.15, 0.2) is 0 Å². The molecule has 1 amide bonds. The van der Waals surface area contributed by atoms with Crippen LogP contribution in [0.3, 0.4) is 0 Å². The second kappa shape index (κ2) is 8.42. The fourth-order valence-electron chi connectivity index (χ4n) is 1.92. The topological polar surface area (TPSA) is 69.6 Å². The van der Waals surface area contributed by atoms with Crippen LogP contribution in [-0.2, 0) is 16.1 Å². The summed E-state index contributed by atoms with van der Waals surface area (Å²) < 4.78 is 0. The molecule has 0 fully saturated rings. The monoisotopic (exact) mass is 292 g/mol. The Morgan fingerprint density at radius 3 is 2.33 bits per heavy atom. The van der Waals surface area contributed by atoms with Gasteiger partial charge in [-0.15, -0.1) is 0 Å². The first-order valence-electron chi connectivity index (χ1n) is 7.17. The molecule has 0 saturated carbocycles. The van der Waals surface area contributed by atoms with Crippen LogP contribution in [0, 0.1) is 5.92 Å². The summed E-state index contributed by atoms with van der Waals surface area (Å²) in [6, 6.07) is 9.81. The van der Waals surface area contributed by atoms with Crippen molar-refractivity contribution in [2.45, 2.75) is 33.4 Å². The van der Waals surface area contributed by atoms with Crippen LogP contribution in [-0.4, -0.2) is 41.0 Å². The van der Waals surface area contributed by atoms with E-state index in [9.17, 15) is 9.59 Å². The number of carboxylic acid groups (broad SMARTS) is 1. The zero-order valence-electron chi connectivity index (χ0n) is 12.9. The van der Waals surface area contributed by atoms with Gasteiger partial charge in [0.1, 0.15) is 0 Å². The number of carboxylic acids is 1. The van der Waals surface area contributed by atoms with Crippen molar-refractivity contribution < 1.29 is 14.7 Å². The quantitative estimate of drug-likeness (QED) is 0.765. The molecule has 5 nitrogen and oxygen atoms in total. The lowest BCUT2D eigenvalue weighted by Gasteiger charge is -2.27. The van der Waals surface area contributed by atoms with E-state index >= 15 is 0 Å². The van der Waals surface area contributed by atoms with Crippen LogP contribution in [0.1, 0.15) is 26.3 Å². The zero-order chi connectivity index (χ0) is 15.8. The summed E-state index contributed by atoms with van der Waals surface area (Å²) in [5.41, 5.74) is 1.04. The maximum atomic E-state index is 12.0. The first-order valence-corrected chi connectivity index (χ1v) is 7.17. The van der Waals surface area contributed by atoms with Crippen LogP contribution < -0.4 is 5.32 Å². The Labute approximate surface area is 126 Å². The predicted octanol–water partition coefficient (Wildman–Crippen LogP) is 1.73. The maximum absolute atomic E-state index is 12.0. The molecule has 5 heteroatoms. The lowest BCUT2D eigenvalue weighted by Crippen LogP contribution is -2.43. The van der Waals surface area contributed by atoms with Gasteiger partial charge in [0.2, 0.25) is 5.91 Å². The third-order valence-corrected chi connectivity index (χ3v) is 3.34. The van der Waals surface area contributed by atoms with E-state index in [4.69, 9.17) is 5.11 Å². The molecule has 1 aromatic carbocycles. The lowest BCUT2D eigenvalue weighted by atomic mass is 10.1. The SMILES string of the molecule is CC(CN(CC(=O)NCc1ccccc1)C(C)C)C(=O)O. The van der Waals surface area contributed by atoms with E-state index in [1.165, 1.54) is 0 Å². The van der Waals surface area contributed by atoms with E-state index in [0.717, 1.165) is 5.56 Å². The molecule has 0 radical (unpaired) electrons. The highest BCUT2D eigenvalue weighted by Gasteiger charge is 2.20. The Hall–Kier alpha value is -1.88. The van der Waals surface area contributed by atoms with Crippen molar-refractivity contribution in [1.29, 1.82) is 0 Å². The van der Waals surface area contributed by atoms with E-state index in [1.54, 1.807) is 6.92 Å². The number of hydrogen-bond acceptors (Lipinski definition) is 3. The van der Waals surface area contributed by atoms with Gasteiger partial charge < -0.3 is 10.4 Å². The summed E-state index contributed by atoms with van der Waals surface area (Å²) in [7, 11) is 0. The molecule has 0 spiro atoms. The largest absolute Gasteiger partial charge is 0.481 e. The average Bonchev–Trinajstić information content (AvgIpc) is 2.45. The molecule has 1 unspecified atom stereocenters. The predicted molar refractivity (Wildman–Crippen MR) is 81.8 cm³/mol. The van der Waals surface area contributed by atoms with Crippen LogP contribution in [0.25, 0.3) is 0 Å². The molecule has 0 heterocycles. The van der Waals surface area contributed by atoms with Crippen molar-refractivity contribution in [2.24, 2.45) is 5.92 Å². The molecule has 0 saturated heterocycles. The number of benzene rings is 1. The van der Waals surface area contributed by atoms with Gasteiger partial charge in [-0.05, 0) is 19.4 Å². The summed E-state index contributed by atoms with van der Waals surface area (Å²) in [5, 5.41) is 11.8. The molecule has 116 valence electrons. The molecule has 1 atom stereocenters. The Bertz CT molecular complexity index is 460. The molecule has 0 aliphatic carbocycles. The van der Waals surface area contributed by atoms with Gasteiger partial charge in [0.25, 0.3) is 0 Å². The van der Waals surface area contributed by atoms with Crippen molar-refractivity contribution in [3.63, 3.8) is 0 Å². The summed E-state index contributed by atoms with van der Waals surface area (Å²) >= 11 is 0. The molecule has 0 aromatic heterocycles. The van der Waals surface area contributed by atoms with Crippen molar-refractivity contribution in [3.8, 4) is 0 Å². The Kier molecular flexibility index (Phi) is 6.88. The van der Waals surface area contributed by atoms with Crippen LogP contribution in [0.2, 0.25) is 0 Å². The van der Waals surface area contributed by atoms with Gasteiger partial charge in [-0.1, -0.05) is 37.3 Å². The average molecular weight is 292 g/mol. The molecule has 0 aliphatic rings. The van der Waals surface area contributed by atoms with Crippen LogP contribution in [0.5, 0.6) is 0 Å². The maximum Gasteiger partial charge on any atom is 0.307 e. The lowest BCUT2D eigenvalue weighted by molar-refractivity contribution is -0.142. The highest BCUT2D eigenvalue weighted by atomic mass is 16.4. The van der Waals surface area contributed by atoms with Gasteiger partial charge in [0.05, 0.1) is 12.5 Å². The molecule has 1 aromatic rings. The van der Waals surface area contributed by atoms with E-state index < -0.39 is 11.9 Å². The number of aliphatic carboxylic acids is 1. The minimum absolute atomic E-state index is 0.0925. The number of carbonyl (C=O) groups excluding carboxylic acids is 1. The Morgan fingerprint density at radius 2 is 1.81 bits per heavy atom. The number of rotatable bonds is 8. The Balaban J connectivity index is 2.47. The Morgan fingerprint density at radius 1 is 1.19 bits per heavy atom. The normalized spacial score (nSPS) is 12.4. The van der Waals surface area contributed by atoms with Crippen LogP contribution in [0.15, 0.2) is 30.3 Å². The molecule has 0 bridgehead atoms. The highest BCUT2D eigenvalue weighted by molar-refractivity contribution is 5.78. The van der Waals surface area contributed by atoms with Crippen LogP contribution in [0.4, 0.5) is 0 Å². The summed E-state index contributed by atoms with van der Waals surface area (Å²) in [6.07, 6.45) is 0. The number of amides is 1. The third-order valence-electron chi connectivity index (χ3n) is 3.34. The minimum atomic E-state index is -0.842. The number of hydrogen-bond donors (Lipinski definition) is 2. The molecular formula is C16H24N2O3. The summed E-state index contributed by atoms with van der Waals surface area (Å²) in [4.78, 5) is 24.8. The molecule has 21 heavy (non-hydrogen) atoms. The second-order valence-corrected chi connectivity index (χ2v) is 5.52. The van der Waals surface area contributed by atoms with Gasteiger partial charge >= 0.3 is 5.97 Å². The van der Waals surface area contributed by atoms with Gasteiger partial charge in [-0.2, -0.15) is 0 Å². The molecule has 1 rings (SSSR count). The standard InChI is InChI=1S/C16H24N2O3/c1-12(2)18(10-13(3)16(20)21)11-15(19)17-9-14-7-5-4-6-8-14/h4-8,12-13H,9-11H2,1-3H3,(H,17,19)(H,20,21). The first-order chi connectivity index (χ1) is 9.90. The van der Waals surface area contributed by atoms with E-state index in [0.29, 0.717) is 13.1 Å². The number of nitrogens with one attached hydrogen (secondary N) is 1. The van der Waals surface area contributed by atoms with Gasteiger partial charge in [0, 0.05) is 19.1 Å². The van der Waals surface area contributed by atoms with E-state index in [2.05, 4.69) is 5.32 Å². The number of carbonyl (C=O) groups is 2. The van der Waals surface area contributed by atoms with Crippen molar-refractivity contribution in [1.82, 2.24) is 10.2 Å². The molecule has 0 aliphatic heterocycles. The summed E-state index contributed by atoms with van der Waals surface area (Å²) in [5.74, 6) is -1.43. The smallest absolute Gasteiger partial charge is 0.307 e.